The molecule has 0 spiro atoms. The molecule has 0 radical (unpaired) electrons. The predicted molar refractivity (Wildman–Crippen MR) is 129 cm³/mol. The minimum Gasteiger partial charge on any atom is -0.457 e. The Morgan fingerprint density at radius 3 is 2.70 bits per heavy atom. The average Bonchev–Trinajstić information content (AvgIpc) is 3.42. The van der Waals surface area contributed by atoms with Crippen LogP contribution in [0.25, 0.3) is 5.69 Å². The summed E-state index contributed by atoms with van der Waals surface area (Å²) in [4.78, 5) is 36.3. The van der Waals surface area contributed by atoms with Gasteiger partial charge in [0, 0.05) is 45.1 Å². The number of hydrogen-bond donors (Lipinski definition) is 2. The van der Waals surface area contributed by atoms with Gasteiger partial charge < -0.3 is 19.9 Å². The standard InChI is InChI=1S/C24H28ClN3O4S/c1-14-11-18(15(2)28(14)17-9-7-16(25)8-10-17)20(29)12-32-22(30)6-4-3-5-21-23-19(13-33-21)26-24(31)27-23/h7-11,19,21,23H,3-6,12-13H2,1-2H3,(H2,26,27,31)/t19-,21-,23+/m0/s1. The second-order valence-corrected chi connectivity index (χ2v) is 10.3. The lowest BCUT2D eigenvalue weighted by atomic mass is 10.0. The number of ketones is 1. The number of unbranched alkanes of at least 4 members (excludes halogenated alkanes) is 1. The Labute approximate surface area is 202 Å². The van der Waals surface area contributed by atoms with Crippen molar-refractivity contribution in [2.45, 2.75) is 56.9 Å². The molecule has 2 amide bonds. The minimum absolute atomic E-state index is 0.0857. The molecule has 0 unspecified atom stereocenters. The van der Waals surface area contributed by atoms with E-state index in [0.29, 0.717) is 22.3 Å². The Hall–Kier alpha value is -2.45. The maximum atomic E-state index is 12.7. The number of ether oxygens (including phenoxy) is 1. The van der Waals surface area contributed by atoms with Crippen LogP contribution in [0.2, 0.25) is 5.02 Å². The number of aryl methyl sites for hydroxylation is 1. The van der Waals surface area contributed by atoms with E-state index in [4.69, 9.17) is 16.3 Å². The Balaban J connectivity index is 1.22. The number of nitrogens with zero attached hydrogens (tertiary/aromatic N) is 1. The summed E-state index contributed by atoms with van der Waals surface area (Å²) in [6.07, 6.45) is 2.81. The lowest BCUT2D eigenvalue weighted by molar-refractivity contribution is -0.142. The fourth-order valence-corrected chi connectivity index (χ4v) is 6.26. The van der Waals surface area contributed by atoms with Crippen molar-refractivity contribution >= 4 is 41.1 Å². The number of urea groups is 1. The number of esters is 1. The molecule has 0 saturated carbocycles. The van der Waals surface area contributed by atoms with E-state index in [2.05, 4.69) is 10.6 Å². The van der Waals surface area contributed by atoms with Crippen LogP contribution in [0.1, 0.15) is 47.4 Å². The van der Waals surface area contributed by atoms with Crippen LogP contribution in [0.5, 0.6) is 0 Å². The Morgan fingerprint density at radius 2 is 1.94 bits per heavy atom. The van der Waals surface area contributed by atoms with Gasteiger partial charge in [0.2, 0.25) is 5.78 Å². The summed E-state index contributed by atoms with van der Waals surface area (Å²) in [7, 11) is 0. The highest BCUT2D eigenvalue weighted by Gasteiger charge is 2.42. The number of Topliss-reactive ketones (excluding diaryl/α,β-unsaturated/α-hetero) is 1. The third-order valence-electron chi connectivity index (χ3n) is 6.24. The fourth-order valence-electron chi connectivity index (χ4n) is 4.59. The van der Waals surface area contributed by atoms with E-state index >= 15 is 0 Å². The van der Waals surface area contributed by atoms with Crippen LogP contribution in [0, 0.1) is 13.8 Å². The van der Waals surface area contributed by atoms with Crippen LogP contribution in [-0.4, -0.2) is 52.0 Å². The normalized spacial score (nSPS) is 21.4. The predicted octanol–water partition coefficient (Wildman–Crippen LogP) is 4.20. The number of halogens is 1. The van der Waals surface area contributed by atoms with Crippen LogP contribution in [0.15, 0.2) is 30.3 Å². The van der Waals surface area contributed by atoms with Gasteiger partial charge in [-0.05, 0) is 57.0 Å². The summed E-state index contributed by atoms with van der Waals surface area (Å²) in [6, 6.07) is 9.55. The van der Waals surface area contributed by atoms with Crippen LogP contribution >= 0.6 is 23.4 Å². The third-order valence-corrected chi connectivity index (χ3v) is 8.00. The molecule has 33 heavy (non-hydrogen) atoms. The molecule has 7 nitrogen and oxygen atoms in total. The molecular weight excluding hydrogens is 462 g/mol. The summed E-state index contributed by atoms with van der Waals surface area (Å²) < 4.78 is 7.24. The molecule has 2 fully saturated rings. The van der Waals surface area contributed by atoms with E-state index in [1.54, 1.807) is 0 Å². The maximum absolute atomic E-state index is 12.7. The van der Waals surface area contributed by atoms with Crippen LogP contribution in [-0.2, 0) is 9.53 Å². The molecule has 2 N–H and O–H groups in total. The lowest BCUT2D eigenvalue weighted by Gasteiger charge is -2.16. The van der Waals surface area contributed by atoms with Crippen molar-refractivity contribution < 1.29 is 19.1 Å². The van der Waals surface area contributed by atoms with Gasteiger partial charge >= 0.3 is 12.0 Å². The second kappa shape index (κ2) is 10.2. The minimum atomic E-state index is -0.359. The van der Waals surface area contributed by atoms with Crippen molar-refractivity contribution in [3.63, 3.8) is 0 Å². The molecule has 9 heteroatoms. The molecule has 1 aromatic heterocycles. The van der Waals surface area contributed by atoms with Crippen molar-refractivity contribution in [3.8, 4) is 5.69 Å². The molecular formula is C24H28ClN3O4S. The van der Waals surface area contributed by atoms with Gasteiger partial charge in [-0.25, -0.2) is 4.79 Å². The highest BCUT2D eigenvalue weighted by atomic mass is 35.5. The van der Waals surface area contributed by atoms with Crippen LogP contribution < -0.4 is 10.6 Å². The average molecular weight is 490 g/mol. The van der Waals surface area contributed by atoms with Gasteiger partial charge in [-0.1, -0.05) is 18.0 Å². The zero-order valence-electron chi connectivity index (χ0n) is 18.7. The highest BCUT2D eigenvalue weighted by molar-refractivity contribution is 8.00. The molecule has 2 aliphatic heterocycles. The number of aromatic nitrogens is 1. The molecule has 0 bridgehead atoms. The molecule has 2 aromatic rings. The number of benzene rings is 1. The van der Waals surface area contributed by atoms with Crippen LogP contribution in [0.4, 0.5) is 4.79 Å². The zero-order valence-corrected chi connectivity index (χ0v) is 20.3. The monoisotopic (exact) mass is 489 g/mol. The molecule has 176 valence electrons. The van der Waals surface area contributed by atoms with Gasteiger partial charge in [-0.2, -0.15) is 11.8 Å². The number of hydrogen-bond acceptors (Lipinski definition) is 5. The summed E-state index contributed by atoms with van der Waals surface area (Å²) in [5.41, 5.74) is 3.20. The van der Waals surface area contributed by atoms with E-state index in [0.717, 1.165) is 35.7 Å². The van der Waals surface area contributed by atoms with Gasteiger partial charge in [0.1, 0.15) is 0 Å². The number of thioether (sulfide) groups is 1. The van der Waals surface area contributed by atoms with Crippen molar-refractivity contribution in [1.29, 1.82) is 0 Å². The van der Waals surface area contributed by atoms with E-state index in [-0.39, 0.29) is 42.9 Å². The van der Waals surface area contributed by atoms with E-state index in [1.807, 2.05) is 60.5 Å². The molecule has 2 saturated heterocycles. The first-order valence-corrected chi connectivity index (χ1v) is 12.6. The largest absolute Gasteiger partial charge is 0.457 e. The summed E-state index contributed by atoms with van der Waals surface area (Å²) in [5, 5.41) is 6.94. The third kappa shape index (κ3) is 5.38. The van der Waals surface area contributed by atoms with Gasteiger partial charge in [0.05, 0.1) is 12.1 Å². The van der Waals surface area contributed by atoms with Gasteiger partial charge in [0.25, 0.3) is 0 Å². The van der Waals surface area contributed by atoms with Gasteiger partial charge in [-0.3, -0.25) is 9.59 Å². The first-order valence-electron chi connectivity index (χ1n) is 11.2. The van der Waals surface area contributed by atoms with Gasteiger partial charge in [0.15, 0.2) is 6.61 Å². The number of fused-ring (bicyclic) bond motifs is 1. The SMILES string of the molecule is Cc1cc(C(=O)COC(=O)CCCC[C@@H]2SC[C@@H]3NC(=O)N[C@H]32)c(C)n1-c1ccc(Cl)cc1. The lowest BCUT2D eigenvalue weighted by Crippen LogP contribution is -2.36. The smallest absolute Gasteiger partial charge is 0.315 e. The second-order valence-electron chi connectivity index (χ2n) is 8.55. The number of carbonyl (C=O) groups excluding carboxylic acids is 3. The van der Waals surface area contributed by atoms with Crippen molar-refractivity contribution in [2.75, 3.05) is 12.4 Å². The molecule has 4 rings (SSSR count). The first kappa shape index (κ1) is 23.7. The van der Waals surface area contributed by atoms with E-state index in [9.17, 15) is 14.4 Å². The molecule has 0 aliphatic carbocycles. The number of rotatable bonds is 9. The maximum Gasteiger partial charge on any atom is 0.315 e. The summed E-state index contributed by atoms with van der Waals surface area (Å²) >= 11 is 7.84. The molecule has 2 aliphatic rings. The van der Waals surface area contributed by atoms with Crippen molar-refractivity contribution in [1.82, 2.24) is 15.2 Å². The zero-order chi connectivity index (χ0) is 23.5. The van der Waals surface area contributed by atoms with Crippen molar-refractivity contribution in [3.05, 3.63) is 52.3 Å². The van der Waals surface area contributed by atoms with E-state index < -0.39 is 0 Å². The van der Waals surface area contributed by atoms with Crippen molar-refractivity contribution in [2.24, 2.45) is 0 Å². The van der Waals surface area contributed by atoms with Gasteiger partial charge in [-0.15, -0.1) is 0 Å². The molecule has 3 atom stereocenters. The van der Waals surface area contributed by atoms with Crippen LogP contribution in [0.3, 0.4) is 0 Å². The Bertz CT molecular complexity index is 1050. The first-order chi connectivity index (χ1) is 15.8. The van der Waals surface area contributed by atoms with E-state index in [1.165, 1.54) is 0 Å². The Morgan fingerprint density at radius 1 is 1.18 bits per heavy atom. The Kier molecular flexibility index (Phi) is 7.34. The number of nitrogens with one attached hydrogen (secondary N) is 2. The molecule has 1 aromatic carbocycles. The highest BCUT2D eigenvalue weighted by Crippen LogP contribution is 2.33. The quantitative estimate of drug-likeness (QED) is 0.238. The summed E-state index contributed by atoms with van der Waals surface area (Å²) in [6.45, 7) is 3.55. The topological polar surface area (TPSA) is 89.4 Å². The number of amides is 2. The number of carbonyl (C=O) groups is 3. The fraction of sp³-hybridized carbons (Fsp3) is 0.458. The molecule has 3 heterocycles. The summed E-state index contributed by atoms with van der Waals surface area (Å²) in [5.74, 6) is 0.355.